The van der Waals surface area contributed by atoms with Gasteiger partial charge in [-0.25, -0.2) is 22.0 Å². The second-order valence-corrected chi connectivity index (χ2v) is 6.86. The van der Waals surface area contributed by atoms with Gasteiger partial charge in [-0.2, -0.15) is 0 Å². The first kappa shape index (κ1) is 17.9. The topological polar surface area (TPSA) is 72.5 Å². The maximum atomic E-state index is 13.6. The van der Waals surface area contributed by atoms with Crippen LogP contribution in [0, 0.1) is 11.6 Å². The van der Waals surface area contributed by atoms with Crippen LogP contribution in [0.5, 0.6) is 0 Å². The molecular weight excluding hydrogens is 340 g/mol. The summed E-state index contributed by atoms with van der Waals surface area (Å²) in [4.78, 5) is 11.0. The Balaban J connectivity index is 2.20. The predicted molar refractivity (Wildman–Crippen MR) is 84.2 cm³/mol. The Morgan fingerprint density at radius 3 is 2.25 bits per heavy atom. The van der Waals surface area contributed by atoms with Crippen molar-refractivity contribution in [3.05, 3.63) is 59.7 Å². The van der Waals surface area contributed by atoms with Crippen LogP contribution >= 0.6 is 0 Å². The number of ether oxygens (including phenoxy) is 1. The summed E-state index contributed by atoms with van der Waals surface area (Å²) in [5.74, 6) is -2.61. The molecule has 0 unspecified atom stereocenters. The van der Waals surface area contributed by atoms with Gasteiger partial charge in [0.2, 0.25) is 0 Å². The maximum Gasteiger partial charge on any atom is 0.338 e. The third kappa shape index (κ3) is 4.29. The number of carbonyl (C=O) groups is 1. The van der Waals surface area contributed by atoms with Crippen LogP contribution < -0.4 is 4.72 Å². The van der Waals surface area contributed by atoms with E-state index in [1.165, 1.54) is 24.3 Å². The number of nitrogens with one attached hydrogen (secondary N) is 1. The molecule has 2 rings (SSSR count). The number of benzene rings is 2. The van der Waals surface area contributed by atoms with Gasteiger partial charge in [0.15, 0.2) is 0 Å². The molecule has 0 saturated carbocycles. The SMILES string of the molecule is CC(C)OC(=O)c1ccc(NS(=O)(=O)c2ccc(F)cc2F)cc1. The molecule has 128 valence electrons. The highest BCUT2D eigenvalue weighted by Crippen LogP contribution is 2.20. The van der Waals surface area contributed by atoms with Crippen molar-refractivity contribution in [3.63, 3.8) is 0 Å². The van der Waals surface area contributed by atoms with Crippen LogP contribution in [0.25, 0.3) is 0 Å². The number of rotatable bonds is 5. The first-order valence-electron chi connectivity index (χ1n) is 6.98. The summed E-state index contributed by atoms with van der Waals surface area (Å²) in [6.07, 6.45) is -0.280. The quantitative estimate of drug-likeness (QED) is 0.835. The zero-order valence-electron chi connectivity index (χ0n) is 12.9. The van der Waals surface area contributed by atoms with E-state index in [-0.39, 0.29) is 17.4 Å². The van der Waals surface area contributed by atoms with E-state index in [0.717, 1.165) is 12.1 Å². The van der Waals surface area contributed by atoms with Gasteiger partial charge in [0.1, 0.15) is 16.5 Å². The maximum absolute atomic E-state index is 13.6. The Labute approximate surface area is 138 Å². The van der Waals surface area contributed by atoms with Crippen LogP contribution in [0.2, 0.25) is 0 Å². The van der Waals surface area contributed by atoms with E-state index in [2.05, 4.69) is 4.72 Å². The molecule has 5 nitrogen and oxygen atoms in total. The van der Waals surface area contributed by atoms with Gasteiger partial charge in [-0.3, -0.25) is 4.72 Å². The van der Waals surface area contributed by atoms with Crippen molar-refractivity contribution in [2.75, 3.05) is 4.72 Å². The molecule has 8 heteroatoms. The zero-order chi connectivity index (χ0) is 17.9. The second-order valence-electron chi connectivity index (χ2n) is 5.21. The molecule has 0 spiro atoms. The van der Waals surface area contributed by atoms with Crippen molar-refractivity contribution >= 4 is 21.7 Å². The van der Waals surface area contributed by atoms with E-state index < -0.39 is 32.5 Å². The molecule has 2 aromatic rings. The summed E-state index contributed by atoms with van der Waals surface area (Å²) in [5, 5.41) is 0. The van der Waals surface area contributed by atoms with Gasteiger partial charge in [0, 0.05) is 11.8 Å². The van der Waals surface area contributed by atoms with Gasteiger partial charge in [0.05, 0.1) is 11.7 Å². The van der Waals surface area contributed by atoms with Crippen LogP contribution in [-0.4, -0.2) is 20.5 Å². The molecular formula is C16H15F2NO4S. The normalized spacial score (nSPS) is 11.4. The van der Waals surface area contributed by atoms with Crippen molar-refractivity contribution in [1.82, 2.24) is 0 Å². The number of halogens is 2. The molecule has 0 aliphatic rings. The van der Waals surface area contributed by atoms with E-state index in [9.17, 15) is 22.0 Å². The minimum absolute atomic E-state index is 0.125. The molecule has 0 atom stereocenters. The molecule has 24 heavy (non-hydrogen) atoms. The van der Waals surface area contributed by atoms with Crippen molar-refractivity contribution in [3.8, 4) is 0 Å². The van der Waals surface area contributed by atoms with Crippen LogP contribution in [0.4, 0.5) is 14.5 Å². The van der Waals surface area contributed by atoms with Crippen molar-refractivity contribution in [2.45, 2.75) is 24.8 Å². The van der Waals surface area contributed by atoms with E-state index >= 15 is 0 Å². The lowest BCUT2D eigenvalue weighted by Crippen LogP contribution is -2.15. The van der Waals surface area contributed by atoms with E-state index in [1.54, 1.807) is 13.8 Å². The van der Waals surface area contributed by atoms with Crippen LogP contribution in [0.1, 0.15) is 24.2 Å². The lowest BCUT2D eigenvalue weighted by molar-refractivity contribution is 0.0378. The third-order valence-corrected chi connectivity index (χ3v) is 4.31. The fourth-order valence-corrected chi connectivity index (χ4v) is 2.98. The Hall–Kier alpha value is -2.48. The average Bonchev–Trinajstić information content (AvgIpc) is 2.46. The highest BCUT2D eigenvalue weighted by molar-refractivity contribution is 7.92. The Kier molecular flexibility index (Phi) is 5.18. The molecule has 0 bridgehead atoms. The Morgan fingerprint density at radius 2 is 1.71 bits per heavy atom. The van der Waals surface area contributed by atoms with Gasteiger partial charge < -0.3 is 4.74 Å². The number of hydrogen-bond donors (Lipinski definition) is 1. The summed E-state index contributed by atoms with van der Waals surface area (Å²) >= 11 is 0. The molecule has 0 heterocycles. The van der Waals surface area contributed by atoms with E-state index in [4.69, 9.17) is 4.74 Å². The van der Waals surface area contributed by atoms with Gasteiger partial charge in [-0.15, -0.1) is 0 Å². The van der Waals surface area contributed by atoms with E-state index in [0.29, 0.717) is 6.07 Å². The fraction of sp³-hybridized carbons (Fsp3) is 0.188. The minimum atomic E-state index is -4.22. The monoisotopic (exact) mass is 355 g/mol. The molecule has 0 amide bonds. The minimum Gasteiger partial charge on any atom is -0.459 e. The summed E-state index contributed by atoms with van der Waals surface area (Å²) in [7, 11) is -4.22. The average molecular weight is 355 g/mol. The number of anilines is 1. The first-order valence-corrected chi connectivity index (χ1v) is 8.46. The lowest BCUT2D eigenvalue weighted by atomic mass is 10.2. The first-order chi connectivity index (χ1) is 11.2. The van der Waals surface area contributed by atoms with Gasteiger partial charge in [-0.1, -0.05) is 0 Å². The van der Waals surface area contributed by atoms with Gasteiger partial charge in [-0.05, 0) is 50.2 Å². The zero-order valence-corrected chi connectivity index (χ0v) is 13.7. The fourth-order valence-electron chi connectivity index (χ4n) is 1.86. The van der Waals surface area contributed by atoms with Crippen molar-refractivity contribution in [2.24, 2.45) is 0 Å². The van der Waals surface area contributed by atoms with Crippen molar-refractivity contribution < 1.29 is 26.7 Å². The number of hydrogen-bond acceptors (Lipinski definition) is 4. The van der Waals surface area contributed by atoms with E-state index in [1.807, 2.05) is 0 Å². The Morgan fingerprint density at radius 1 is 1.08 bits per heavy atom. The van der Waals surface area contributed by atoms with Crippen LogP contribution in [0.15, 0.2) is 47.4 Å². The highest BCUT2D eigenvalue weighted by atomic mass is 32.2. The molecule has 0 aromatic heterocycles. The largest absolute Gasteiger partial charge is 0.459 e. The predicted octanol–water partition coefficient (Wildman–Crippen LogP) is 3.33. The van der Waals surface area contributed by atoms with Gasteiger partial charge >= 0.3 is 5.97 Å². The summed E-state index contributed by atoms with van der Waals surface area (Å²) in [6.45, 7) is 3.41. The second kappa shape index (κ2) is 6.96. The molecule has 2 aromatic carbocycles. The Bertz CT molecular complexity index is 849. The highest BCUT2D eigenvalue weighted by Gasteiger charge is 2.20. The molecule has 1 N–H and O–H groups in total. The van der Waals surface area contributed by atoms with Crippen molar-refractivity contribution in [1.29, 1.82) is 0 Å². The lowest BCUT2D eigenvalue weighted by Gasteiger charge is -2.10. The molecule has 0 aliphatic carbocycles. The standard InChI is InChI=1S/C16H15F2NO4S/c1-10(2)23-16(20)11-3-6-13(7-4-11)19-24(21,22)15-8-5-12(17)9-14(15)18/h3-10,19H,1-2H3. The number of sulfonamides is 1. The molecule has 0 aliphatic heterocycles. The smallest absolute Gasteiger partial charge is 0.338 e. The number of carbonyl (C=O) groups excluding carboxylic acids is 1. The van der Waals surface area contributed by atoms with Gasteiger partial charge in [0.25, 0.3) is 10.0 Å². The third-order valence-electron chi connectivity index (χ3n) is 2.90. The molecule has 0 fully saturated rings. The summed E-state index contributed by atoms with van der Waals surface area (Å²) in [5.41, 5.74) is 0.374. The van der Waals surface area contributed by atoms with Crippen LogP contribution in [-0.2, 0) is 14.8 Å². The van der Waals surface area contributed by atoms with Crippen LogP contribution in [0.3, 0.4) is 0 Å². The molecule has 0 radical (unpaired) electrons. The summed E-state index contributed by atoms with van der Waals surface area (Å²) in [6, 6.07) is 7.61. The molecule has 0 saturated heterocycles. The number of esters is 1. The summed E-state index contributed by atoms with van der Waals surface area (Å²) < 4.78 is 57.9.